The number of phenols is 1. The molecule has 1 aromatic carbocycles. The Kier molecular flexibility index (Phi) is 5.13. The van der Waals surface area contributed by atoms with Gasteiger partial charge < -0.3 is 14.7 Å². The van der Waals surface area contributed by atoms with Gasteiger partial charge in [0, 0.05) is 13.6 Å². The maximum Gasteiger partial charge on any atom is 0.410 e. The average Bonchev–Trinajstić information content (AvgIpc) is 2.47. The number of benzene rings is 1. The molecule has 1 N–H and O–H groups in total. The molecule has 1 atom stereocenters. The molecule has 1 aromatic rings. The Labute approximate surface area is 152 Å². The van der Waals surface area contributed by atoms with E-state index in [1.807, 2.05) is 26.8 Å². The number of hydrogen-bond donors (Lipinski definition) is 1. The number of rotatable bonds is 3. The standard InChI is InChI=1S/C21H33NO3/c1-19(2,3)25-18(24)22(7)13-12-21(6)17-9-8-16(23)14-15(17)10-11-20(21,4)5/h8-9,14,23H,10-13H2,1-7H3/t21-/m0/s1. The third-order valence-electron chi connectivity index (χ3n) is 5.85. The van der Waals surface area contributed by atoms with Gasteiger partial charge in [-0.05, 0) is 74.1 Å². The number of ether oxygens (including phenoxy) is 1. The molecule has 0 bridgehead atoms. The summed E-state index contributed by atoms with van der Waals surface area (Å²) in [5.74, 6) is 0.326. The first-order valence-corrected chi connectivity index (χ1v) is 9.12. The monoisotopic (exact) mass is 347 g/mol. The zero-order valence-corrected chi connectivity index (χ0v) is 16.8. The normalized spacial score (nSPS) is 22.2. The van der Waals surface area contributed by atoms with Gasteiger partial charge in [-0.1, -0.05) is 26.8 Å². The van der Waals surface area contributed by atoms with Crippen LogP contribution in [0.1, 0.15) is 65.5 Å². The molecule has 0 spiro atoms. The highest BCUT2D eigenvalue weighted by atomic mass is 16.6. The van der Waals surface area contributed by atoms with Crippen LogP contribution in [0.4, 0.5) is 4.79 Å². The topological polar surface area (TPSA) is 49.8 Å². The van der Waals surface area contributed by atoms with Crippen molar-refractivity contribution in [3.8, 4) is 5.75 Å². The van der Waals surface area contributed by atoms with Gasteiger partial charge in [-0.15, -0.1) is 0 Å². The van der Waals surface area contributed by atoms with E-state index >= 15 is 0 Å². The van der Waals surface area contributed by atoms with Crippen LogP contribution in [-0.2, 0) is 16.6 Å². The molecule has 140 valence electrons. The maximum atomic E-state index is 12.3. The smallest absolute Gasteiger partial charge is 0.410 e. The molecular weight excluding hydrogens is 314 g/mol. The summed E-state index contributed by atoms with van der Waals surface area (Å²) in [7, 11) is 1.80. The summed E-state index contributed by atoms with van der Waals surface area (Å²) in [6, 6.07) is 5.72. The lowest BCUT2D eigenvalue weighted by Gasteiger charge is -2.50. The van der Waals surface area contributed by atoms with Crippen LogP contribution in [0.25, 0.3) is 0 Å². The summed E-state index contributed by atoms with van der Waals surface area (Å²) in [5.41, 5.74) is 2.08. The molecule has 0 saturated carbocycles. The van der Waals surface area contributed by atoms with Crippen molar-refractivity contribution in [2.24, 2.45) is 5.41 Å². The SMILES string of the molecule is CN(CC[C@@]1(C)c2ccc(O)cc2CCC1(C)C)C(=O)OC(C)(C)C. The molecule has 0 radical (unpaired) electrons. The summed E-state index contributed by atoms with van der Waals surface area (Å²) < 4.78 is 5.46. The molecule has 1 aliphatic rings. The second-order valence-electron chi connectivity index (χ2n) is 9.21. The third-order valence-corrected chi connectivity index (χ3v) is 5.85. The highest BCUT2D eigenvalue weighted by molar-refractivity contribution is 5.67. The van der Waals surface area contributed by atoms with Crippen molar-refractivity contribution in [2.45, 2.75) is 71.8 Å². The summed E-state index contributed by atoms with van der Waals surface area (Å²) >= 11 is 0. The minimum absolute atomic E-state index is 0.0649. The van der Waals surface area contributed by atoms with Crippen molar-refractivity contribution in [1.82, 2.24) is 4.90 Å². The van der Waals surface area contributed by atoms with Crippen molar-refractivity contribution >= 4 is 6.09 Å². The fourth-order valence-electron chi connectivity index (χ4n) is 3.71. The van der Waals surface area contributed by atoms with E-state index < -0.39 is 5.60 Å². The van der Waals surface area contributed by atoms with E-state index in [1.54, 1.807) is 18.0 Å². The van der Waals surface area contributed by atoms with E-state index in [9.17, 15) is 9.90 Å². The lowest BCUT2D eigenvalue weighted by molar-refractivity contribution is 0.0262. The fraction of sp³-hybridized carbons (Fsp3) is 0.667. The van der Waals surface area contributed by atoms with Crippen LogP contribution >= 0.6 is 0 Å². The molecule has 4 nitrogen and oxygen atoms in total. The number of carbonyl (C=O) groups is 1. The minimum atomic E-state index is -0.483. The quantitative estimate of drug-likeness (QED) is 0.848. The Morgan fingerprint density at radius 3 is 2.52 bits per heavy atom. The lowest BCUT2D eigenvalue weighted by atomic mass is 9.55. The van der Waals surface area contributed by atoms with Crippen molar-refractivity contribution < 1.29 is 14.6 Å². The van der Waals surface area contributed by atoms with E-state index in [2.05, 4.69) is 26.8 Å². The van der Waals surface area contributed by atoms with Crippen LogP contribution in [0, 0.1) is 5.41 Å². The van der Waals surface area contributed by atoms with Gasteiger partial charge >= 0.3 is 6.09 Å². The summed E-state index contributed by atoms with van der Waals surface area (Å²) in [4.78, 5) is 13.9. The van der Waals surface area contributed by atoms with Crippen molar-refractivity contribution in [3.63, 3.8) is 0 Å². The summed E-state index contributed by atoms with van der Waals surface area (Å²) in [5, 5.41) is 9.82. The van der Waals surface area contributed by atoms with Crippen molar-refractivity contribution in [3.05, 3.63) is 29.3 Å². The second kappa shape index (κ2) is 6.54. The number of aromatic hydroxyl groups is 1. The first-order chi connectivity index (χ1) is 11.4. The molecule has 2 rings (SSSR count). The van der Waals surface area contributed by atoms with Crippen LogP contribution in [0.2, 0.25) is 0 Å². The molecule has 25 heavy (non-hydrogen) atoms. The molecule has 0 saturated heterocycles. The summed E-state index contributed by atoms with van der Waals surface area (Å²) in [6.45, 7) is 13.2. The average molecular weight is 347 g/mol. The second-order valence-corrected chi connectivity index (χ2v) is 9.21. The molecule has 1 amide bonds. The highest BCUT2D eigenvalue weighted by Crippen LogP contribution is 2.52. The fourth-order valence-corrected chi connectivity index (χ4v) is 3.71. The Hall–Kier alpha value is -1.71. The Morgan fingerprint density at radius 1 is 1.28 bits per heavy atom. The van der Waals surface area contributed by atoms with Gasteiger partial charge in [0.2, 0.25) is 0 Å². The number of aryl methyl sites for hydroxylation is 1. The van der Waals surface area contributed by atoms with Gasteiger partial charge in [-0.3, -0.25) is 0 Å². The van der Waals surface area contributed by atoms with E-state index in [0.717, 1.165) is 19.3 Å². The van der Waals surface area contributed by atoms with Gasteiger partial charge in [0.15, 0.2) is 0 Å². The first kappa shape index (κ1) is 19.6. The van der Waals surface area contributed by atoms with E-state index in [0.29, 0.717) is 12.3 Å². The zero-order valence-electron chi connectivity index (χ0n) is 16.8. The first-order valence-electron chi connectivity index (χ1n) is 9.12. The van der Waals surface area contributed by atoms with Crippen molar-refractivity contribution in [1.29, 1.82) is 0 Å². The van der Waals surface area contributed by atoms with Crippen molar-refractivity contribution in [2.75, 3.05) is 13.6 Å². The largest absolute Gasteiger partial charge is 0.508 e. The van der Waals surface area contributed by atoms with Gasteiger partial charge in [-0.2, -0.15) is 0 Å². The van der Waals surface area contributed by atoms with Gasteiger partial charge in [0.25, 0.3) is 0 Å². The Morgan fingerprint density at radius 2 is 1.92 bits per heavy atom. The van der Waals surface area contributed by atoms with Gasteiger partial charge in [0.05, 0.1) is 0 Å². The molecule has 0 fully saturated rings. The highest BCUT2D eigenvalue weighted by Gasteiger charge is 2.46. The molecule has 0 aromatic heterocycles. The molecule has 4 heteroatoms. The number of phenolic OH excluding ortho intramolecular Hbond substituents is 1. The number of hydrogen-bond acceptors (Lipinski definition) is 3. The lowest BCUT2D eigenvalue weighted by Crippen LogP contribution is -2.46. The van der Waals surface area contributed by atoms with Crippen LogP contribution < -0.4 is 0 Å². The molecule has 1 aliphatic carbocycles. The number of fused-ring (bicyclic) bond motifs is 1. The number of amides is 1. The Balaban J connectivity index is 2.20. The predicted molar refractivity (Wildman–Crippen MR) is 101 cm³/mol. The van der Waals surface area contributed by atoms with Crippen LogP contribution in [-0.4, -0.2) is 35.3 Å². The maximum absolute atomic E-state index is 12.3. The number of carbonyl (C=O) groups excluding carboxylic acids is 1. The summed E-state index contributed by atoms with van der Waals surface area (Å²) in [6.07, 6.45) is 2.62. The van der Waals surface area contributed by atoms with E-state index in [4.69, 9.17) is 4.74 Å². The zero-order chi connectivity index (χ0) is 19.0. The minimum Gasteiger partial charge on any atom is -0.508 e. The van der Waals surface area contributed by atoms with E-state index in [1.165, 1.54) is 11.1 Å². The molecule has 0 heterocycles. The van der Waals surface area contributed by atoms with Crippen LogP contribution in [0.3, 0.4) is 0 Å². The third kappa shape index (κ3) is 4.10. The predicted octanol–water partition coefficient (Wildman–Crippen LogP) is 4.88. The van der Waals surface area contributed by atoms with Gasteiger partial charge in [-0.25, -0.2) is 4.79 Å². The van der Waals surface area contributed by atoms with Crippen LogP contribution in [0.5, 0.6) is 5.75 Å². The molecule has 0 unspecified atom stereocenters. The van der Waals surface area contributed by atoms with Crippen LogP contribution in [0.15, 0.2) is 18.2 Å². The molecular formula is C21H33NO3. The van der Waals surface area contributed by atoms with Gasteiger partial charge in [0.1, 0.15) is 11.4 Å². The van der Waals surface area contributed by atoms with E-state index in [-0.39, 0.29) is 16.9 Å². The number of nitrogens with zero attached hydrogens (tertiary/aromatic N) is 1. The molecule has 0 aliphatic heterocycles. The Bertz CT molecular complexity index is 645.